The number of hydrazine groups is 1. The summed E-state index contributed by atoms with van der Waals surface area (Å²) in [5.74, 6) is -4.16. The molecule has 3 unspecified atom stereocenters. The van der Waals surface area contributed by atoms with Gasteiger partial charge in [-0.2, -0.15) is 0 Å². The maximum absolute atomic E-state index is 13.6. The first-order chi connectivity index (χ1) is 18.2. The minimum atomic E-state index is -1.20. The highest BCUT2D eigenvalue weighted by atomic mass is 16.7. The van der Waals surface area contributed by atoms with Gasteiger partial charge in [-0.15, -0.1) is 0 Å². The fourth-order valence-electron chi connectivity index (χ4n) is 4.53. The van der Waals surface area contributed by atoms with Crippen molar-refractivity contribution >= 4 is 35.4 Å². The van der Waals surface area contributed by atoms with Gasteiger partial charge in [0.15, 0.2) is 6.29 Å². The monoisotopic (exact) mass is 532 g/mol. The molecule has 0 aliphatic carbocycles. The lowest BCUT2D eigenvalue weighted by Gasteiger charge is -2.43. The van der Waals surface area contributed by atoms with Crippen molar-refractivity contribution in [2.75, 3.05) is 27.9 Å². The highest BCUT2D eigenvalue weighted by Crippen LogP contribution is 2.25. The first kappa shape index (κ1) is 28.7. The van der Waals surface area contributed by atoms with E-state index in [2.05, 4.69) is 10.6 Å². The number of hydrogen-bond acceptors (Lipinski definition) is 9. The zero-order valence-electron chi connectivity index (χ0n) is 21.5. The largest absolute Gasteiger partial charge is 0.469 e. The Morgan fingerprint density at radius 1 is 1.03 bits per heavy atom. The van der Waals surface area contributed by atoms with E-state index in [1.807, 2.05) is 0 Å². The van der Waals surface area contributed by atoms with Gasteiger partial charge in [0.1, 0.15) is 12.1 Å². The maximum Gasteiger partial charge on any atom is 0.307 e. The molecule has 4 amide bonds. The molecule has 0 saturated carbocycles. The highest BCUT2D eigenvalue weighted by Gasteiger charge is 2.45. The fourth-order valence-corrected chi connectivity index (χ4v) is 4.53. The summed E-state index contributed by atoms with van der Waals surface area (Å²) in [6.45, 7) is 0.211. The Labute approximate surface area is 219 Å². The molecule has 3 atom stereocenters. The van der Waals surface area contributed by atoms with Crippen LogP contribution in [-0.4, -0.2) is 97.7 Å². The van der Waals surface area contributed by atoms with E-state index in [4.69, 9.17) is 14.2 Å². The molecule has 38 heavy (non-hydrogen) atoms. The van der Waals surface area contributed by atoms with Gasteiger partial charge in [-0.25, -0.2) is 5.01 Å². The Kier molecular flexibility index (Phi) is 9.91. The summed E-state index contributed by atoms with van der Waals surface area (Å²) < 4.78 is 15.1. The number of benzene rings is 1. The lowest BCUT2D eigenvalue weighted by molar-refractivity contribution is -0.177. The number of methoxy groups -OCH3 is 3. The first-order valence-corrected chi connectivity index (χ1v) is 12.2. The van der Waals surface area contributed by atoms with Crippen LogP contribution in [0.5, 0.6) is 0 Å². The van der Waals surface area contributed by atoms with Crippen LogP contribution in [0, 0.1) is 0 Å². The zero-order chi connectivity index (χ0) is 27.8. The van der Waals surface area contributed by atoms with Crippen molar-refractivity contribution in [2.45, 2.75) is 56.5 Å². The third kappa shape index (κ3) is 6.53. The molecule has 0 spiro atoms. The summed E-state index contributed by atoms with van der Waals surface area (Å²) in [5, 5.41) is 7.38. The van der Waals surface area contributed by atoms with Crippen LogP contribution >= 0.6 is 0 Å². The van der Waals surface area contributed by atoms with E-state index in [0.29, 0.717) is 6.42 Å². The summed E-state index contributed by atoms with van der Waals surface area (Å²) in [6, 6.07) is 4.60. The zero-order valence-corrected chi connectivity index (χ0v) is 21.5. The number of Topliss-reactive ketones (excluding diaryl/α,β-unsaturated/α-hetero) is 1. The minimum absolute atomic E-state index is 0.0345. The second kappa shape index (κ2) is 13.1. The molecule has 0 aromatic heterocycles. The predicted molar refractivity (Wildman–Crippen MR) is 130 cm³/mol. The lowest BCUT2D eigenvalue weighted by Crippen LogP contribution is -2.65. The molecular weight excluding hydrogens is 500 g/mol. The molecule has 0 radical (unpaired) electrons. The Hall–Kier alpha value is -3.84. The molecule has 1 aromatic carbocycles. The van der Waals surface area contributed by atoms with E-state index in [-0.39, 0.29) is 43.7 Å². The number of fused-ring (bicyclic) bond motifs is 1. The van der Waals surface area contributed by atoms with Gasteiger partial charge in [-0.05, 0) is 19.3 Å². The number of hydrogen-bond donors (Lipinski definition) is 2. The normalized spacial score (nSPS) is 20.3. The highest BCUT2D eigenvalue weighted by molar-refractivity contribution is 6.43. The molecule has 2 N–H and O–H groups in total. The predicted octanol–water partition coefficient (Wildman–Crippen LogP) is -0.451. The van der Waals surface area contributed by atoms with E-state index in [1.54, 1.807) is 18.2 Å². The van der Waals surface area contributed by atoms with Crippen LogP contribution < -0.4 is 10.6 Å². The number of carbonyl (C=O) groups excluding carboxylic acids is 6. The molecular formula is C25H32N4O9. The quantitative estimate of drug-likeness (QED) is 0.176. The topological polar surface area (TPSA) is 161 Å². The SMILES string of the molecule is COC(=O)CC(NC(=O)C1CCCN2C(=O)CCC(NC(=O)C(=O)c3ccccc3)C(=O)N12)C(OC)OC. The summed E-state index contributed by atoms with van der Waals surface area (Å²) >= 11 is 0. The standard InChI is InChI=1S/C25H32N4O9/c1-36-20(31)14-17(25(37-2)38-3)27-22(33)18-10-7-13-28-19(30)12-11-16(24(35)29(18)28)26-23(34)21(32)15-8-5-4-6-9-15/h4-6,8-9,16-18,25H,7,10-14H2,1-3H3,(H,26,34)(H,27,33). The molecule has 1 aromatic rings. The number of amides is 4. The van der Waals surface area contributed by atoms with E-state index < -0.39 is 53.9 Å². The Morgan fingerprint density at radius 3 is 2.34 bits per heavy atom. The summed E-state index contributed by atoms with van der Waals surface area (Å²) in [5.41, 5.74) is 0.154. The molecule has 2 saturated heterocycles. The third-order valence-corrected chi connectivity index (χ3v) is 6.45. The van der Waals surface area contributed by atoms with Gasteiger partial charge in [0.05, 0.1) is 19.6 Å². The number of ether oxygens (including phenoxy) is 3. The second-order valence-electron chi connectivity index (χ2n) is 8.85. The summed E-state index contributed by atoms with van der Waals surface area (Å²) in [6.07, 6.45) is -0.695. The van der Waals surface area contributed by atoms with E-state index in [9.17, 15) is 28.8 Å². The lowest BCUT2D eigenvalue weighted by atomic mass is 10.0. The third-order valence-electron chi connectivity index (χ3n) is 6.45. The van der Waals surface area contributed by atoms with Gasteiger partial charge in [-0.1, -0.05) is 30.3 Å². The maximum atomic E-state index is 13.6. The first-order valence-electron chi connectivity index (χ1n) is 12.2. The van der Waals surface area contributed by atoms with Crippen LogP contribution in [0.2, 0.25) is 0 Å². The second-order valence-corrected chi connectivity index (χ2v) is 8.85. The number of esters is 1. The van der Waals surface area contributed by atoms with E-state index >= 15 is 0 Å². The van der Waals surface area contributed by atoms with Crippen molar-refractivity contribution < 1.29 is 43.0 Å². The van der Waals surface area contributed by atoms with Crippen molar-refractivity contribution in [3.8, 4) is 0 Å². The Bertz CT molecular complexity index is 1060. The van der Waals surface area contributed by atoms with Gasteiger partial charge in [0.25, 0.3) is 11.8 Å². The Balaban J connectivity index is 1.81. The fraction of sp³-hybridized carbons (Fsp3) is 0.520. The van der Waals surface area contributed by atoms with Gasteiger partial charge in [0.2, 0.25) is 17.6 Å². The van der Waals surface area contributed by atoms with Crippen LogP contribution in [0.15, 0.2) is 30.3 Å². The summed E-state index contributed by atoms with van der Waals surface area (Å²) in [7, 11) is 3.88. The van der Waals surface area contributed by atoms with Gasteiger partial charge >= 0.3 is 5.97 Å². The molecule has 2 aliphatic heterocycles. The van der Waals surface area contributed by atoms with Crippen LogP contribution in [0.25, 0.3) is 0 Å². The number of rotatable bonds is 10. The smallest absolute Gasteiger partial charge is 0.307 e. The van der Waals surface area contributed by atoms with Crippen molar-refractivity contribution in [3.05, 3.63) is 35.9 Å². The summed E-state index contributed by atoms with van der Waals surface area (Å²) in [4.78, 5) is 77.0. The number of nitrogens with zero attached hydrogens (tertiary/aromatic N) is 2. The molecule has 13 heteroatoms. The van der Waals surface area contributed by atoms with Crippen molar-refractivity contribution in [1.82, 2.24) is 20.7 Å². The van der Waals surface area contributed by atoms with Crippen LogP contribution in [-0.2, 0) is 38.2 Å². The molecule has 206 valence electrons. The molecule has 3 rings (SSSR count). The molecule has 2 aliphatic rings. The molecule has 2 heterocycles. The van der Waals surface area contributed by atoms with Crippen molar-refractivity contribution in [2.24, 2.45) is 0 Å². The van der Waals surface area contributed by atoms with Crippen LogP contribution in [0.3, 0.4) is 0 Å². The van der Waals surface area contributed by atoms with Crippen LogP contribution in [0.1, 0.15) is 42.5 Å². The number of nitrogens with one attached hydrogen (secondary N) is 2. The van der Waals surface area contributed by atoms with Gasteiger partial charge in [-0.3, -0.25) is 33.8 Å². The molecule has 2 fully saturated rings. The number of ketones is 1. The van der Waals surface area contributed by atoms with Gasteiger partial charge in [0, 0.05) is 32.7 Å². The van der Waals surface area contributed by atoms with Crippen molar-refractivity contribution in [1.29, 1.82) is 0 Å². The molecule has 0 bridgehead atoms. The number of carbonyl (C=O) groups is 6. The average molecular weight is 533 g/mol. The minimum Gasteiger partial charge on any atom is -0.469 e. The molecule has 13 nitrogen and oxygen atoms in total. The van der Waals surface area contributed by atoms with Crippen LogP contribution in [0.4, 0.5) is 0 Å². The van der Waals surface area contributed by atoms with E-state index in [1.165, 1.54) is 38.5 Å². The van der Waals surface area contributed by atoms with Crippen molar-refractivity contribution in [3.63, 3.8) is 0 Å². The van der Waals surface area contributed by atoms with Gasteiger partial charge < -0.3 is 24.8 Å². The Morgan fingerprint density at radius 2 is 1.71 bits per heavy atom. The average Bonchev–Trinajstić information content (AvgIpc) is 3.05. The van der Waals surface area contributed by atoms with E-state index in [0.717, 1.165) is 5.01 Å².